The Hall–Kier alpha value is -1.36. The molecule has 0 saturated carbocycles. The molecule has 0 radical (unpaired) electrons. The van der Waals surface area contributed by atoms with Crippen molar-refractivity contribution >= 4 is 10.9 Å². The lowest BCUT2D eigenvalue weighted by atomic mass is 9.94. The molecule has 1 aliphatic rings. The number of nitrogens with one attached hydrogen (secondary N) is 2. The van der Waals surface area contributed by atoms with Crippen LogP contribution < -0.4 is 5.32 Å². The first-order chi connectivity index (χ1) is 10.2. The van der Waals surface area contributed by atoms with Crippen molar-refractivity contribution in [3.05, 3.63) is 35.0 Å². The van der Waals surface area contributed by atoms with Gasteiger partial charge in [-0.25, -0.2) is 0 Å². The van der Waals surface area contributed by atoms with Crippen molar-refractivity contribution in [2.24, 2.45) is 0 Å². The zero-order valence-corrected chi connectivity index (χ0v) is 12.5. The lowest BCUT2D eigenvalue weighted by Crippen LogP contribution is -2.23. The molecule has 4 heteroatoms. The number of fused-ring (bicyclic) bond motifs is 3. The summed E-state index contributed by atoms with van der Waals surface area (Å²) < 4.78 is 0. The summed E-state index contributed by atoms with van der Waals surface area (Å²) in [6.07, 6.45) is 3.70. The van der Waals surface area contributed by atoms with Crippen molar-refractivity contribution < 1.29 is 10.2 Å². The van der Waals surface area contributed by atoms with Gasteiger partial charge < -0.3 is 20.5 Å². The largest absolute Gasteiger partial charge is 0.390 e. The fourth-order valence-corrected chi connectivity index (χ4v) is 3.28. The Morgan fingerprint density at radius 1 is 1.24 bits per heavy atom. The maximum Gasteiger partial charge on any atom is 0.105 e. The van der Waals surface area contributed by atoms with Crippen LogP contribution in [0.15, 0.2) is 18.2 Å². The summed E-state index contributed by atoms with van der Waals surface area (Å²) in [5.41, 5.74) is 4.69. The highest BCUT2D eigenvalue weighted by Gasteiger charge is 2.20. The second-order valence-corrected chi connectivity index (χ2v) is 6.00. The van der Waals surface area contributed by atoms with E-state index in [1.165, 1.54) is 29.5 Å². The third-order valence-electron chi connectivity index (χ3n) is 4.52. The van der Waals surface area contributed by atoms with Gasteiger partial charge in [0.2, 0.25) is 0 Å². The van der Waals surface area contributed by atoms with Crippen LogP contribution in [0.5, 0.6) is 0 Å². The second kappa shape index (κ2) is 6.18. The van der Waals surface area contributed by atoms with Crippen LogP contribution in [0.2, 0.25) is 0 Å². The number of aliphatic hydroxyl groups is 2. The van der Waals surface area contributed by atoms with E-state index in [1.54, 1.807) is 0 Å². The summed E-state index contributed by atoms with van der Waals surface area (Å²) in [7, 11) is 1.84. The molecule has 4 N–H and O–H groups in total. The van der Waals surface area contributed by atoms with Gasteiger partial charge in [-0.2, -0.15) is 0 Å². The van der Waals surface area contributed by atoms with Gasteiger partial charge in [0, 0.05) is 16.6 Å². The molecule has 3 rings (SSSR count). The number of aromatic amines is 1. The molecule has 0 fully saturated rings. The SMILES string of the molecule is CNCCC(O)C(O)c1ccc2[nH]c3c(c2c1)CCCC3. The Labute approximate surface area is 125 Å². The Kier molecular flexibility index (Phi) is 4.29. The number of rotatable bonds is 5. The summed E-state index contributed by atoms with van der Waals surface area (Å²) in [6.45, 7) is 0.694. The minimum atomic E-state index is -0.822. The molecule has 0 aliphatic heterocycles. The van der Waals surface area contributed by atoms with E-state index in [0.29, 0.717) is 13.0 Å². The van der Waals surface area contributed by atoms with E-state index in [-0.39, 0.29) is 0 Å². The number of aryl methyl sites for hydroxylation is 2. The first-order valence-corrected chi connectivity index (χ1v) is 7.85. The summed E-state index contributed by atoms with van der Waals surface area (Å²) in [4.78, 5) is 3.49. The first-order valence-electron chi connectivity index (χ1n) is 7.85. The van der Waals surface area contributed by atoms with E-state index in [0.717, 1.165) is 23.9 Å². The van der Waals surface area contributed by atoms with Crippen molar-refractivity contribution in [3.8, 4) is 0 Å². The topological polar surface area (TPSA) is 68.3 Å². The highest BCUT2D eigenvalue weighted by molar-refractivity contribution is 5.85. The molecular weight excluding hydrogens is 264 g/mol. The van der Waals surface area contributed by atoms with Gasteiger partial charge in [-0.15, -0.1) is 0 Å². The van der Waals surface area contributed by atoms with Crippen LogP contribution in [0.25, 0.3) is 10.9 Å². The minimum absolute atomic E-state index is 0.543. The summed E-state index contributed by atoms with van der Waals surface area (Å²) >= 11 is 0. The summed E-state index contributed by atoms with van der Waals surface area (Å²) in [5, 5.41) is 24.6. The number of hydrogen-bond acceptors (Lipinski definition) is 3. The van der Waals surface area contributed by atoms with Crippen molar-refractivity contribution in [1.82, 2.24) is 10.3 Å². The average Bonchev–Trinajstić information content (AvgIpc) is 2.89. The van der Waals surface area contributed by atoms with Crippen LogP contribution in [0.4, 0.5) is 0 Å². The Bertz CT molecular complexity index is 621. The Balaban J connectivity index is 1.89. The molecule has 114 valence electrons. The number of aliphatic hydroxyl groups excluding tert-OH is 2. The van der Waals surface area contributed by atoms with Gasteiger partial charge in [-0.05, 0) is 69.0 Å². The van der Waals surface area contributed by atoms with E-state index in [1.807, 2.05) is 25.2 Å². The van der Waals surface area contributed by atoms with Gasteiger partial charge in [-0.3, -0.25) is 0 Å². The van der Waals surface area contributed by atoms with Gasteiger partial charge in [0.15, 0.2) is 0 Å². The minimum Gasteiger partial charge on any atom is -0.390 e. The molecule has 2 atom stereocenters. The van der Waals surface area contributed by atoms with E-state index >= 15 is 0 Å². The van der Waals surface area contributed by atoms with Crippen molar-refractivity contribution in [1.29, 1.82) is 0 Å². The molecule has 4 nitrogen and oxygen atoms in total. The van der Waals surface area contributed by atoms with Crippen molar-refractivity contribution in [2.45, 2.75) is 44.3 Å². The van der Waals surface area contributed by atoms with E-state index in [9.17, 15) is 10.2 Å². The van der Waals surface area contributed by atoms with Gasteiger partial charge >= 0.3 is 0 Å². The van der Waals surface area contributed by atoms with Crippen LogP contribution in [-0.4, -0.2) is 34.9 Å². The van der Waals surface area contributed by atoms with Crippen LogP contribution in [0, 0.1) is 0 Å². The van der Waals surface area contributed by atoms with E-state index < -0.39 is 12.2 Å². The maximum absolute atomic E-state index is 10.3. The molecule has 1 aromatic heterocycles. The van der Waals surface area contributed by atoms with Crippen LogP contribution in [0.3, 0.4) is 0 Å². The smallest absolute Gasteiger partial charge is 0.105 e. The molecule has 2 aromatic rings. The molecule has 0 amide bonds. The molecule has 1 heterocycles. The Morgan fingerprint density at radius 3 is 2.86 bits per heavy atom. The van der Waals surface area contributed by atoms with Gasteiger partial charge in [0.25, 0.3) is 0 Å². The first kappa shape index (κ1) is 14.6. The predicted molar refractivity (Wildman–Crippen MR) is 84.5 cm³/mol. The maximum atomic E-state index is 10.3. The van der Waals surface area contributed by atoms with Crippen molar-refractivity contribution in [2.75, 3.05) is 13.6 Å². The highest BCUT2D eigenvalue weighted by Crippen LogP contribution is 2.31. The molecule has 0 spiro atoms. The lowest BCUT2D eigenvalue weighted by molar-refractivity contribution is 0.0141. The summed E-state index contributed by atoms with van der Waals surface area (Å²) in [5.74, 6) is 0. The van der Waals surface area contributed by atoms with Crippen LogP contribution in [-0.2, 0) is 12.8 Å². The fourth-order valence-electron chi connectivity index (χ4n) is 3.28. The molecule has 2 unspecified atom stereocenters. The van der Waals surface area contributed by atoms with E-state index in [4.69, 9.17) is 0 Å². The molecule has 21 heavy (non-hydrogen) atoms. The van der Waals surface area contributed by atoms with Crippen LogP contribution >= 0.6 is 0 Å². The Morgan fingerprint density at radius 2 is 2.05 bits per heavy atom. The molecule has 0 bridgehead atoms. The number of H-pyrrole nitrogens is 1. The monoisotopic (exact) mass is 288 g/mol. The predicted octanol–water partition coefficient (Wildman–Crippen LogP) is 2.05. The number of hydrogen-bond donors (Lipinski definition) is 4. The van der Waals surface area contributed by atoms with Gasteiger partial charge in [0.1, 0.15) is 6.10 Å². The zero-order chi connectivity index (χ0) is 14.8. The lowest BCUT2D eigenvalue weighted by Gasteiger charge is -2.18. The highest BCUT2D eigenvalue weighted by atomic mass is 16.3. The fraction of sp³-hybridized carbons (Fsp3) is 0.529. The van der Waals surface area contributed by atoms with E-state index in [2.05, 4.69) is 10.3 Å². The molecule has 1 aliphatic carbocycles. The molecular formula is C17H24N2O2. The van der Waals surface area contributed by atoms with Crippen LogP contribution in [0.1, 0.15) is 42.2 Å². The molecule has 1 aromatic carbocycles. The second-order valence-electron chi connectivity index (χ2n) is 6.00. The molecule has 0 saturated heterocycles. The standard InChI is InChI=1S/C17H24N2O2/c1-18-9-8-16(20)17(21)11-6-7-15-13(10-11)12-4-2-3-5-14(12)19-15/h6-7,10,16-21H,2-5,8-9H2,1H3. The summed E-state index contributed by atoms with van der Waals surface area (Å²) in [6, 6.07) is 5.98. The van der Waals surface area contributed by atoms with Crippen molar-refractivity contribution in [3.63, 3.8) is 0 Å². The normalized spacial score (nSPS) is 17.7. The third-order valence-corrected chi connectivity index (χ3v) is 4.52. The average molecular weight is 288 g/mol. The number of aromatic nitrogens is 1. The van der Waals surface area contributed by atoms with Gasteiger partial charge in [-0.1, -0.05) is 6.07 Å². The number of benzene rings is 1. The third kappa shape index (κ3) is 2.84. The van der Waals surface area contributed by atoms with Gasteiger partial charge in [0.05, 0.1) is 6.10 Å². The quantitative estimate of drug-likeness (QED) is 0.681. The zero-order valence-electron chi connectivity index (χ0n) is 12.5.